The first-order valence-electron chi connectivity index (χ1n) is 12.2. The van der Waals surface area contributed by atoms with Gasteiger partial charge in [-0.25, -0.2) is 8.42 Å². The second-order valence-corrected chi connectivity index (χ2v) is 13.1. The molecule has 0 aliphatic heterocycles. The highest BCUT2D eigenvalue weighted by Gasteiger charge is 2.33. The first-order valence-corrected chi connectivity index (χ1v) is 14.8. The predicted molar refractivity (Wildman–Crippen MR) is 152 cm³/mol. The smallest absolute Gasteiger partial charge is 0.244 e. The molecule has 0 bridgehead atoms. The lowest BCUT2D eigenvalue weighted by Crippen LogP contribution is -2.55. The summed E-state index contributed by atoms with van der Waals surface area (Å²) in [5, 5.41) is 3.62. The molecule has 0 radical (unpaired) electrons. The molecule has 1 atom stereocenters. The maximum absolute atomic E-state index is 13.8. The van der Waals surface area contributed by atoms with E-state index in [1.165, 1.54) is 4.90 Å². The number of hydrogen-bond acceptors (Lipinski definition) is 4. The number of sulfonamides is 1. The van der Waals surface area contributed by atoms with Crippen molar-refractivity contribution in [1.29, 1.82) is 0 Å². The van der Waals surface area contributed by atoms with Crippen LogP contribution >= 0.6 is 23.2 Å². The van der Waals surface area contributed by atoms with Crippen molar-refractivity contribution in [2.45, 2.75) is 72.0 Å². The standard InChI is InChI=1S/C27H37Cl2N3O4S/c1-8-24(26(34)30-27(4,5)6)31(16-21-22(28)10-9-11-23(21)29)25(33)17-32(37(7,35)36)20-14-12-19(13-15-20)18(2)3/h9-15,18,24H,8,16-17H2,1-7H3,(H,30,34). The van der Waals surface area contributed by atoms with Gasteiger partial charge < -0.3 is 10.2 Å². The molecule has 0 fully saturated rings. The average Bonchev–Trinajstić information content (AvgIpc) is 2.77. The van der Waals surface area contributed by atoms with Crippen molar-refractivity contribution in [2.24, 2.45) is 0 Å². The van der Waals surface area contributed by atoms with Gasteiger partial charge in [-0.3, -0.25) is 13.9 Å². The largest absolute Gasteiger partial charge is 0.350 e. The highest BCUT2D eigenvalue weighted by atomic mass is 35.5. The van der Waals surface area contributed by atoms with E-state index in [9.17, 15) is 18.0 Å². The van der Waals surface area contributed by atoms with Gasteiger partial charge in [0.1, 0.15) is 12.6 Å². The lowest BCUT2D eigenvalue weighted by Gasteiger charge is -2.34. The second-order valence-electron chi connectivity index (χ2n) is 10.4. The topological polar surface area (TPSA) is 86.8 Å². The first kappa shape index (κ1) is 30.9. The van der Waals surface area contributed by atoms with E-state index in [2.05, 4.69) is 5.32 Å². The molecule has 37 heavy (non-hydrogen) atoms. The molecule has 0 saturated carbocycles. The van der Waals surface area contributed by atoms with Crippen LogP contribution in [0.3, 0.4) is 0 Å². The number of nitrogens with one attached hydrogen (secondary N) is 1. The summed E-state index contributed by atoms with van der Waals surface area (Å²) in [6, 6.07) is 11.2. The summed E-state index contributed by atoms with van der Waals surface area (Å²) in [5.41, 5.74) is 1.36. The van der Waals surface area contributed by atoms with E-state index in [4.69, 9.17) is 23.2 Å². The second kappa shape index (κ2) is 12.5. The molecule has 10 heteroatoms. The minimum absolute atomic E-state index is 0.0582. The molecule has 7 nitrogen and oxygen atoms in total. The molecule has 2 rings (SSSR count). The number of hydrogen-bond donors (Lipinski definition) is 1. The van der Waals surface area contributed by atoms with Crippen LogP contribution < -0.4 is 9.62 Å². The SMILES string of the molecule is CCC(C(=O)NC(C)(C)C)N(Cc1c(Cl)cccc1Cl)C(=O)CN(c1ccc(C(C)C)cc1)S(C)(=O)=O. The molecular formula is C27H37Cl2N3O4S. The summed E-state index contributed by atoms with van der Waals surface area (Å²) < 4.78 is 26.6. The van der Waals surface area contributed by atoms with Crippen molar-refractivity contribution < 1.29 is 18.0 Å². The van der Waals surface area contributed by atoms with Gasteiger partial charge in [0.05, 0.1) is 11.9 Å². The van der Waals surface area contributed by atoms with Crippen molar-refractivity contribution in [3.05, 3.63) is 63.6 Å². The highest BCUT2D eigenvalue weighted by Crippen LogP contribution is 2.28. The molecule has 1 N–H and O–H groups in total. The van der Waals surface area contributed by atoms with E-state index >= 15 is 0 Å². The number of anilines is 1. The molecular weight excluding hydrogens is 533 g/mol. The van der Waals surface area contributed by atoms with Gasteiger partial charge >= 0.3 is 0 Å². The quantitative estimate of drug-likeness (QED) is 0.403. The Hall–Kier alpha value is -2.29. The average molecular weight is 571 g/mol. The lowest BCUT2D eigenvalue weighted by atomic mass is 10.0. The van der Waals surface area contributed by atoms with E-state index in [0.717, 1.165) is 16.1 Å². The third kappa shape index (κ3) is 8.62. The summed E-state index contributed by atoms with van der Waals surface area (Å²) in [6.45, 7) is 10.9. The zero-order chi connectivity index (χ0) is 28.1. The zero-order valence-electron chi connectivity index (χ0n) is 22.5. The molecule has 2 aromatic carbocycles. The van der Waals surface area contributed by atoms with Crippen molar-refractivity contribution in [2.75, 3.05) is 17.1 Å². The van der Waals surface area contributed by atoms with Gasteiger partial charge in [0.25, 0.3) is 0 Å². The Kier molecular flexibility index (Phi) is 10.5. The van der Waals surface area contributed by atoms with Gasteiger partial charge in [0.15, 0.2) is 0 Å². The van der Waals surface area contributed by atoms with Gasteiger partial charge in [-0.05, 0) is 62.9 Å². The Balaban J connectivity index is 2.51. The fourth-order valence-corrected chi connectivity index (χ4v) is 5.23. The summed E-state index contributed by atoms with van der Waals surface area (Å²) in [4.78, 5) is 28.4. The van der Waals surface area contributed by atoms with Crippen molar-refractivity contribution in [3.63, 3.8) is 0 Å². The fraction of sp³-hybridized carbons (Fsp3) is 0.481. The van der Waals surface area contributed by atoms with Crippen molar-refractivity contribution in [3.8, 4) is 0 Å². The third-order valence-corrected chi connectivity index (χ3v) is 7.65. The molecule has 0 saturated heterocycles. The van der Waals surface area contributed by atoms with Crippen LogP contribution in [0.2, 0.25) is 10.0 Å². The summed E-state index contributed by atoms with van der Waals surface area (Å²) >= 11 is 12.8. The number of amides is 2. The van der Waals surface area contributed by atoms with Crippen LogP contribution in [0, 0.1) is 0 Å². The van der Waals surface area contributed by atoms with Crippen LogP contribution in [0.1, 0.15) is 65.0 Å². The molecule has 2 aromatic rings. The van der Waals surface area contributed by atoms with Crippen LogP contribution in [-0.2, 0) is 26.2 Å². The zero-order valence-corrected chi connectivity index (χ0v) is 24.8. The Bertz CT molecular complexity index is 1190. The monoisotopic (exact) mass is 569 g/mol. The normalized spacial score (nSPS) is 12.8. The van der Waals surface area contributed by atoms with Gasteiger partial charge in [0, 0.05) is 27.7 Å². The number of carbonyl (C=O) groups is 2. The summed E-state index contributed by atoms with van der Waals surface area (Å²) in [5.74, 6) is -0.631. The molecule has 204 valence electrons. The lowest BCUT2D eigenvalue weighted by molar-refractivity contribution is -0.141. The van der Waals surface area contributed by atoms with Crippen LogP contribution in [0.4, 0.5) is 5.69 Å². The molecule has 1 unspecified atom stereocenters. The Morgan fingerprint density at radius 1 is 1.00 bits per heavy atom. The van der Waals surface area contributed by atoms with E-state index in [0.29, 0.717) is 27.7 Å². The highest BCUT2D eigenvalue weighted by molar-refractivity contribution is 7.92. The van der Waals surface area contributed by atoms with Crippen LogP contribution in [0.25, 0.3) is 0 Å². The predicted octanol–water partition coefficient (Wildman–Crippen LogP) is 5.60. The summed E-state index contributed by atoms with van der Waals surface area (Å²) in [6.07, 6.45) is 1.35. The maximum atomic E-state index is 13.8. The third-order valence-electron chi connectivity index (χ3n) is 5.80. The Morgan fingerprint density at radius 2 is 1.54 bits per heavy atom. The minimum Gasteiger partial charge on any atom is -0.350 e. The molecule has 0 aliphatic rings. The molecule has 0 spiro atoms. The Morgan fingerprint density at radius 3 is 1.97 bits per heavy atom. The Labute approximate surface area is 231 Å². The van der Waals surface area contributed by atoms with E-state index in [1.54, 1.807) is 37.3 Å². The fourth-order valence-electron chi connectivity index (χ4n) is 3.87. The van der Waals surface area contributed by atoms with Crippen LogP contribution in [0.15, 0.2) is 42.5 Å². The number of halogens is 2. The van der Waals surface area contributed by atoms with Gasteiger partial charge in [-0.1, -0.05) is 62.2 Å². The number of rotatable bonds is 10. The summed E-state index contributed by atoms with van der Waals surface area (Å²) in [7, 11) is -3.82. The first-order chi connectivity index (χ1) is 17.0. The van der Waals surface area contributed by atoms with Crippen LogP contribution in [-0.4, -0.2) is 49.5 Å². The molecule has 0 aromatic heterocycles. The number of nitrogens with zero attached hydrogens (tertiary/aromatic N) is 2. The van der Waals surface area contributed by atoms with E-state index in [1.807, 2.05) is 46.8 Å². The van der Waals surface area contributed by atoms with Gasteiger partial charge in [-0.2, -0.15) is 0 Å². The minimum atomic E-state index is -3.82. The maximum Gasteiger partial charge on any atom is 0.244 e. The van der Waals surface area contributed by atoms with E-state index in [-0.39, 0.29) is 18.4 Å². The van der Waals surface area contributed by atoms with Gasteiger partial charge in [-0.15, -0.1) is 0 Å². The number of carbonyl (C=O) groups excluding carboxylic acids is 2. The van der Waals surface area contributed by atoms with Crippen molar-refractivity contribution >= 4 is 50.7 Å². The molecule has 0 heterocycles. The van der Waals surface area contributed by atoms with E-state index < -0.39 is 34.1 Å². The molecule has 0 aliphatic carbocycles. The van der Waals surface area contributed by atoms with Crippen molar-refractivity contribution in [1.82, 2.24) is 10.2 Å². The molecule has 2 amide bonds. The van der Waals surface area contributed by atoms with Crippen LogP contribution in [0.5, 0.6) is 0 Å². The van der Waals surface area contributed by atoms with Gasteiger partial charge in [0.2, 0.25) is 21.8 Å². The number of benzene rings is 2.